The number of hydrogen-bond acceptors (Lipinski definition) is 8. The van der Waals surface area contributed by atoms with Crippen molar-refractivity contribution in [2.45, 2.75) is 111 Å². The number of carbonyl (C=O) groups excluding carboxylic acids is 5. The number of benzene rings is 1. The summed E-state index contributed by atoms with van der Waals surface area (Å²) in [5, 5.41) is 36.9. The molecule has 0 saturated carbocycles. The molecule has 51 heavy (non-hydrogen) atoms. The smallest absolute Gasteiger partial charge is 0.252 e. The van der Waals surface area contributed by atoms with Gasteiger partial charge >= 0.3 is 0 Å². The lowest BCUT2D eigenvalue weighted by atomic mass is 9.97. The minimum Gasteiger partial charge on any atom is -0.508 e. The van der Waals surface area contributed by atoms with E-state index in [1.807, 2.05) is 48.5 Å². The number of phenols is 1. The highest BCUT2D eigenvalue weighted by atomic mass is 16.5. The minimum absolute atomic E-state index is 0.102. The number of nitrogens with zero attached hydrogens (tertiary/aromatic N) is 1. The summed E-state index contributed by atoms with van der Waals surface area (Å²) < 4.78 is 0.807. The zero-order valence-corrected chi connectivity index (χ0v) is 31.0. The van der Waals surface area contributed by atoms with Gasteiger partial charge in [0, 0.05) is 36.0 Å². The van der Waals surface area contributed by atoms with E-state index in [2.05, 4.69) is 31.9 Å². The number of amides is 5. The van der Waals surface area contributed by atoms with E-state index in [9.17, 15) is 34.3 Å². The van der Waals surface area contributed by atoms with Gasteiger partial charge in [-0.1, -0.05) is 66.5 Å². The Labute approximate surface area is 301 Å². The Morgan fingerprint density at radius 1 is 0.725 bits per heavy atom. The largest absolute Gasteiger partial charge is 0.508 e. The highest BCUT2D eigenvalue weighted by molar-refractivity contribution is 5.98. The van der Waals surface area contributed by atoms with E-state index in [-0.39, 0.29) is 41.5 Å². The van der Waals surface area contributed by atoms with Crippen LogP contribution in [0.15, 0.2) is 48.8 Å². The van der Waals surface area contributed by atoms with Gasteiger partial charge in [0.1, 0.15) is 23.9 Å². The lowest BCUT2D eigenvalue weighted by molar-refractivity contribution is -0.904. The number of nitrogens with one attached hydrogen (secondary N) is 6. The Kier molecular flexibility index (Phi) is 17.9. The van der Waals surface area contributed by atoms with E-state index in [0.717, 1.165) is 10.3 Å². The highest BCUT2D eigenvalue weighted by Crippen LogP contribution is 2.14. The summed E-state index contributed by atoms with van der Waals surface area (Å²) in [5.41, 5.74) is 1.09. The van der Waals surface area contributed by atoms with Crippen LogP contribution in [0.1, 0.15) is 90.1 Å². The molecule has 0 saturated heterocycles. The second-order valence-corrected chi connectivity index (χ2v) is 13.2. The number of carbonyl (C=O) groups is 5. The molecule has 1 aromatic carbocycles. The fourth-order valence-electron chi connectivity index (χ4n) is 5.49. The number of hydrogen-bond donors (Lipinski definition) is 8. The van der Waals surface area contributed by atoms with Crippen molar-refractivity contribution in [2.24, 2.45) is 11.8 Å². The molecule has 0 aliphatic carbocycles. The molecule has 0 aliphatic rings. The van der Waals surface area contributed by atoms with Gasteiger partial charge in [-0.15, -0.1) is 0 Å². The summed E-state index contributed by atoms with van der Waals surface area (Å²) in [5.74, 6) is -2.29. The van der Waals surface area contributed by atoms with Crippen LogP contribution in [0.5, 0.6) is 5.75 Å². The minimum atomic E-state index is -0.927. The molecule has 0 aliphatic heterocycles. The van der Waals surface area contributed by atoms with Crippen LogP contribution >= 0.6 is 0 Å². The van der Waals surface area contributed by atoms with Crippen LogP contribution in [0.25, 0.3) is 0 Å². The molecule has 5 amide bonds. The number of aromatic hydroxyl groups is 1. The molecule has 8 N–H and O–H groups in total. The quantitative estimate of drug-likeness (QED) is 0.0706. The van der Waals surface area contributed by atoms with Crippen molar-refractivity contribution >= 4 is 29.5 Å². The molecule has 0 bridgehead atoms. The molecule has 0 spiro atoms. The van der Waals surface area contributed by atoms with Crippen LogP contribution < -0.4 is 36.6 Å². The van der Waals surface area contributed by atoms with Crippen LogP contribution in [0.2, 0.25) is 0 Å². The standard InChI is InChI=1S/C37H57N7O7/c1-8-12-30(41-37(50)32(24(7)9-2)43-33(46)26-17-19-44(51)20-18-26)35(48)40-27(21-25-13-15-28(45)16-14-25)22-39-29(10-3)34(47)42-31(23(5)6)36(49)38-11-4/h13-20,23-24,27,29-32,39H,8-12,21-22H2,1-7H3,(H6-,38,40,41,42,43,45,46,47,48,49,50,51)/p+1/t24-,27-,29-,30-,31-,32-/m0/s1. The summed E-state index contributed by atoms with van der Waals surface area (Å²) in [7, 11) is 0. The first-order chi connectivity index (χ1) is 24.2. The Bertz CT molecular complexity index is 1420. The van der Waals surface area contributed by atoms with Gasteiger partial charge < -0.3 is 37.0 Å². The molecule has 0 fully saturated rings. The lowest BCUT2D eigenvalue weighted by Gasteiger charge is -2.29. The van der Waals surface area contributed by atoms with Crippen molar-refractivity contribution in [3.8, 4) is 5.75 Å². The van der Waals surface area contributed by atoms with Gasteiger partial charge in [0.2, 0.25) is 36.0 Å². The SMILES string of the molecule is CCC[C@H](NC(=O)[C@@H](NC(=O)c1cc[n+](O)cc1)[C@@H](C)CC)C(=O)N[C@H](CN[C@@H](CC)C(=O)N[C@H](C(=O)NCC)C(C)C)Cc1ccc(O)cc1. The molecule has 0 unspecified atom stereocenters. The number of aromatic nitrogens is 1. The van der Waals surface area contributed by atoms with Crippen LogP contribution in [0.4, 0.5) is 0 Å². The third-order valence-corrected chi connectivity index (χ3v) is 8.77. The van der Waals surface area contributed by atoms with Crippen molar-refractivity contribution in [3.63, 3.8) is 0 Å². The van der Waals surface area contributed by atoms with E-state index in [0.29, 0.717) is 38.6 Å². The average molecular weight is 713 g/mol. The zero-order valence-electron chi connectivity index (χ0n) is 31.0. The molecule has 0 radical (unpaired) electrons. The molecule has 2 aromatic rings. The van der Waals surface area contributed by atoms with Crippen molar-refractivity contribution in [3.05, 3.63) is 59.9 Å². The van der Waals surface area contributed by atoms with E-state index < -0.39 is 47.9 Å². The lowest BCUT2D eigenvalue weighted by Crippen LogP contribution is -2.58. The van der Waals surface area contributed by atoms with Crippen molar-refractivity contribution in [2.75, 3.05) is 13.1 Å². The van der Waals surface area contributed by atoms with Crippen LogP contribution in [-0.2, 0) is 25.6 Å². The topological polar surface area (TPSA) is 202 Å². The van der Waals surface area contributed by atoms with Gasteiger partial charge in [-0.2, -0.15) is 0 Å². The first-order valence-corrected chi connectivity index (χ1v) is 18.0. The highest BCUT2D eigenvalue weighted by Gasteiger charge is 2.32. The Hall–Kier alpha value is -4.72. The molecular weight excluding hydrogens is 654 g/mol. The number of rotatable bonds is 21. The van der Waals surface area contributed by atoms with Gasteiger partial charge in [-0.25, -0.2) is 0 Å². The second kappa shape index (κ2) is 21.5. The zero-order chi connectivity index (χ0) is 38.1. The number of pyridine rings is 1. The Morgan fingerprint density at radius 2 is 1.35 bits per heavy atom. The maximum atomic E-state index is 13.8. The van der Waals surface area contributed by atoms with Gasteiger partial charge in [0.05, 0.1) is 11.6 Å². The van der Waals surface area contributed by atoms with Crippen molar-refractivity contribution in [1.29, 1.82) is 0 Å². The fourth-order valence-corrected chi connectivity index (χ4v) is 5.49. The molecule has 1 aromatic heterocycles. The predicted octanol–water partition coefficient (Wildman–Crippen LogP) is 1.72. The average Bonchev–Trinajstić information content (AvgIpc) is 3.10. The van der Waals surface area contributed by atoms with Gasteiger partial charge in [-0.05, 0) is 55.7 Å². The normalized spacial score (nSPS) is 14.7. The molecule has 282 valence electrons. The Balaban J connectivity index is 2.24. The first kappa shape index (κ1) is 42.4. The summed E-state index contributed by atoms with van der Waals surface area (Å²) in [6, 6.07) is 5.73. The molecule has 6 atom stereocenters. The summed E-state index contributed by atoms with van der Waals surface area (Å²) in [6.45, 7) is 13.6. The molecule has 1 heterocycles. The maximum absolute atomic E-state index is 13.8. The first-order valence-electron chi connectivity index (χ1n) is 18.0. The van der Waals surface area contributed by atoms with Crippen LogP contribution in [-0.4, -0.2) is 83.1 Å². The van der Waals surface area contributed by atoms with Gasteiger partial charge in [-0.3, -0.25) is 29.2 Å². The summed E-state index contributed by atoms with van der Waals surface area (Å²) in [4.78, 5) is 66.4. The summed E-state index contributed by atoms with van der Waals surface area (Å²) in [6.07, 6.45) is 4.90. The Morgan fingerprint density at radius 3 is 1.90 bits per heavy atom. The molecule has 2 rings (SSSR count). The van der Waals surface area contributed by atoms with Gasteiger partial charge in [0.15, 0.2) is 0 Å². The van der Waals surface area contributed by atoms with Crippen molar-refractivity contribution < 1.29 is 39.0 Å². The number of phenolic OH excluding ortho intramolecular Hbond substituents is 1. The summed E-state index contributed by atoms with van der Waals surface area (Å²) >= 11 is 0. The van der Waals surface area contributed by atoms with Crippen LogP contribution in [0, 0.1) is 11.8 Å². The maximum Gasteiger partial charge on any atom is 0.252 e. The second-order valence-electron chi connectivity index (χ2n) is 13.2. The predicted molar refractivity (Wildman–Crippen MR) is 193 cm³/mol. The van der Waals surface area contributed by atoms with E-state index in [1.165, 1.54) is 24.5 Å². The molecular formula is C37H58N7O7+. The van der Waals surface area contributed by atoms with Crippen molar-refractivity contribution in [1.82, 2.24) is 31.9 Å². The van der Waals surface area contributed by atoms with E-state index in [1.54, 1.807) is 24.3 Å². The van der Waals surface area contributed by atoms with Crippen LogP contribution in [0.3, 0.4) is 0 Å². The third-order valence-electron chi connectivity index (χ3n) is 8.77. The fraction of sp³-hybridized carbons (Fsp3) is 0.568. The number of likely N-dealkylation sites (N-methyl/N-ethyl adjacent to an activating group) is 1. The third kappa shape index (κ3) is 13.8. The van der Waals surface area contributed by atoms with Gasteiger partial charge in [0.25, 0.3) is 5.91 Å². The molecule has 14 heteroatoms. The van der Waals surface area contributed by atoms with E-state index in [4.69, 9.17) is 0 Å². The monoisotopic (exact) mass is 712 g/mol. The molecule has 14 nitrogen and oxygen atoms in total. The van der Waals surface area contributed by atoms with E-state index >= 15 is 0 Å².